The molecule has 0 aromatic rings. The van der Waals surface area contributed by atoms with E-state index in [1.54, 1.807) is 7.11 Å². The molecule has 1 nitrogen and oxygen atoms in total. The van der Waals surface area contributed by atoms with Gasteiger partial charge in [-0.2, -0.15) is 0 Å². The van der Waals surface area contributed by atoms with Gasteiger partial charge in [0.2, 0.25) is 9.76 Å². The van der Waals surface area contributed by atoms with Crippen molar-refractivity contribution < 1.29 is 4.43 Å². The van der Waals surface area contributed by atoms with Crippen LogP contribution in [-0.4, -0.2) is 20.9 Å². The van der Waals surface area contributed by atoms with Gasteiger partial charge in [0.25, 0.3) is 0 Å². The summed E-state index contributed by atoms with van der Waals surface area (Å²) in [6.07, 6.45) is 0. The summed E-state index contributed by atoms with van der Waals surface area (Å²) in [6, 6.07) is 0. The molecule has 3 heteroatoms. The maximum atomic E-state index is 4.71. The smallest absolute Gasteiger partial charge is 0.239 e. The molecular weight excluding hydrogens is 195 g/mol. The van der Waals surface area contributed by atoms with Crippen LogP contribution in [-0.2, 0) is 4.43 Å². The van der Waals surface area contributed by atoms with Crippen LogP contribution in [0.25, 0.3) is 0 Å². The molecule has 0 aromatic heterocycles. The van der Waals surface area contributed by atoms with Gasteiger partial charge in [-0.15, -0.1) is 0 Å². The highest BCUT2D eigenvalue weighted by Crippen LogP contribution is 1.73. The van der Waals surface area contributed by atoms with Crippen molar-refractivity contribution >= 4 is 32.4 Å². The van der Waals surface area contributed by atoms with E-state index in [0.29, 0.717) is 9.76 Å². The second-order valence-corrected chi connectivity index (χ2v) is 3.73. The highest BCUT2D eigenvalue weighted by atomic mass is 127. The lowest BCUT2D eigenvalue weighted by molar-refractivity contribution is 0.446. The zero-order valence-electron chi connectivity index (χ0n) is 2.99. The first-order valence-corrected chi connectivity index (χ1v) is 3.87. The van der Waals surface area contributed by atoms with Crippen LogP contribution in [0, 0.1) is 0 Å². The topological polar surface area (TPSA) is 9.23 Å². The third kappa shape index (κ3) is 4.91. The van der Waals surface area contributed by atoms with Crippen LogP contribution in [0.4, 0.5) is 0 Å². The van der Waals surface area contributed by atoms with E-state index >= 15 is 0 Å². The minimum atomic E-state index is 0.684. The Balaban J connectivity index is 2.19. The minimum Gasteiger partial charge on any atom is -0.420 e. The summed E-state index contributed by atoms with van der Waals surface area (Å²) in [5.41, 5.74) is 0. The molecule has 0 aliphatic heterocycles. The molecule has 0 spiro atoms. The minimum absolute atomic E-state index is 0.684. The summed E-state index contributed by atoms with van der Waals surface area (Å²) in [4.78, 5) is 0. The Hall–Kier alpha value is 0.907. The van der Waals surface area contributed by atoms with E-state index in [4.69, 9.17) is 4.43 Å². The molecule has 2 radical (unpaired) electrons. The van der Waals surface area contributed by atoms with Crippen LogP contribution >= 0.6 is 22.6 Å². The molecule has 0 rings (SSSR count). The van der Waals surface area contributed by atoms with Crippen LogP contribution in [0.15, 0.2) is 0 Å². The number of halogens is 1. The largest absolute Gasteiger partial charge is 0.420 e. The molecule has 0 aliphatic rings. The quantitative estimate of drug-likeness (QED) is 0.361. The van der Waals surface area contributed by atoms with Gasteiger partial charge in [-0.1, -0.05) is 22.6 Å². The van der Waals surface area contributed by atoms with Crippen molar-refractivity contribution in [1.29, 1.82) is 0 Å². The SMILES string of the molecule is CO[Si]CI. The molecule has 0 saturated heterocycles. The Bertz CT molecular complexity index is 17.1. The molecule has 30 valence electrons. The molecule has 0 fully saturated rings. The monoisotopic (exact) mass is 200 g/mol. The van der Waals surface area contributed by atoms with E-state index in [1.165, 1.54) is 0 Å². The van der Waals surface area contributed by atoms with Gasteiger partial charge in [0.1, 0.15) is 0 Å². The molecular formula is C2H5IOSi. The molecule has 5 heavy (non-hydrogen) atoms. The Labute approximate surface area is 48.2 Å². The average molecular weight is 200 g/mol. The summed E-state index contributed by atoms with van der Waals surface area (Å²) in [7, 11) is 2.40. The molecule has 0 aromatic carbocycles. The summed E-state index contributed by atoms with van der Waals surface area (Å²) >= 11 is 2.27. The lowest BCUT2D eigenvalue weighted by Crippen LogP contribution is -1.91. The van der Waals surface area contributed by atoms with Crippen molar-refractivity contribution in [2.24, 2.45) is 0 Å². The number of hydrogen-bond donors (Lipinski definition) is 0. The van der Waals surface area contributed by atoms with E-state index < -0.39 is 0 Å². The van der Waals surface area contributed by atoms with Crippen LogP contribution in [0.3, 0.4) is 0 Å². The van der Waals surface area contributed by atoms with Crippen molar-refractivity contribution in [3.05, 3.63) is 0 Å². The van der Waals surface area contributed by atoms with Gasteiger partial charge in [0, 0.05) is 11.2 Å². The van der Waals surface area contributed by atoms with E-state index in [2.05, 4.69) is 22.6 Å². The van der Waals surface area contributed by atoms with Crippen molar-refractivity contribution in [3.63, 3.8) is 0 Å². The van der Waals surface area contributed by atoms with Crippen LogP contribution < -0.4 is 0 Å². The summed E-state index contributed by atoms with van der Waals surface area (Å²) in [6.45, 7) is 0. The zero-order chi connectivity index (χ0) is 4.12. The molecule has 0 bridgehead atoms. The van der Waals surface area contributed by atoms with E-state index in [9.17, 15) is 0 Å². The van der Waals surface area contributed by atoms with Gasteiger partial charge in [0.05, 0.1) is 0 Å². The summed E-state index contributed by atoms with van der Waals surface area (Å²) < 4.78 is 5.83. The fraction of sp³-hybridized carbons (Fsp3) is 1.00. The maximum absolute atomic E-state index is 4.71. The van der Waals surface area contributed by atoms with Gasteiger partial charge in [0.15, 0.2) is 0 Å². The number of rotatable bonds is 2. The molecule has 0 unspecified atom stereocenters. The fourth-order valence-corrected chi connectivity index (χ4v) is 1.10. The van der Waals surface area contributed by atoms with Crippen molar-refractivity contribution in [3.8, 4) is 0 Å². The van der Waals surface area contributed by atoms with E-state index in [1.807, 2.05) is 0 Å². The fourth-order valence-electron chi connectivity index (χ4n) is 0.0546. The molecule has 0 saturated carbocycles. The Morgan fingerprint density at radius 1 is 2.00 bits per heavy atom. The van der Waals surface area contributed by atoms with Gasteiger partial charge >= 0.3 is 0 Å². The Morgan fingerprint density at radius 2 is 2.60 bits per heavy atom. The van der Waals surface area contributed by atoms with Crippen molar-refractivity contribution in [2.75, 3.05) is 11.2 Å². The molecule has 0 amide bonds. The van der Waals surface area contributed by atoms with Crippen molar-refractivity contribution in [2.45, 2.75) is 0 Å². The third-order valence-electron chi connectivity index (χ3n) is 0.199. The lowest BCUT2D eigenvalue weighted by Gasteiger charge is -1.79. The van der Waals surface area contributed by atoms with E-state index in [0.717, 1.165) is 4.05 Å². The molecule has 0 atom stereocenters. The second kappa shape index (κ2) is 4.91. The first-order chi connectivity index (χ1) is 2.41. The maximum Gasteiger partial charge on any atom is 0.239 e. The van der Waals surface area contributed by atoms with Crippen molar-refractivity contribution in [1.82, 2.24) is 0 Å². The first kappa shape index (κ1) is 5.91. The predicted octanol–water partition coefficient (Wildman–Crippen LogP) is 0.644. The summed E-state index contributed by atoms with van der Waals surface area (Å²) in [5, 5.41) is 0. The summed E-state index contributed by atoms with van der Waals surface area (Å²) in [5.74, 6) is 0. The Morgan fingerprint density at radius 3 is 2.60 bits per heavy atom. The number of hydrogen-bond acceptors (Lipinski definition) is 1. The van der Waals surface area contributed by atoms with Crippen LogP contribution in [0.1, 0.15) is 0 Å². The van der Waals surface area contributed by atoms with E-state index in [-0.39, 0.29) is 0 Å². The van der Waals surface area contributed by atoms with Gasteiger partial charge < -0.3 is 4.43 Å². The number of alkyl halides is 1. The molecule has 0 aliphatic carbocycles. The predicted molar refractivity (Wildman–Crippen MR) is 31.6 cm³/mol. The van der Waals surface area contributed by atoms with Gasteiger partial charge in [-0.3, -0.25) is 0 Å². The first-order valence-electron chi connectivity index (χ1n) is 1.23. The van der Waals surface area contributed by atoms with Crippen LogP contribution in [0.5, 0.6) is 0 Å². The van der Waals surface area contributed by atoms with Gasteiger partial charge in [-0.25, -0.2) is 0 Å². The zero-order valence-corrected chi connectivity index (χ0v) is 6.15. The highest BCUT2D eigenvalue weighted by molar-refractivity contribution is 14.1. The molecule has 0 heterocycles. The van der Waals surface area contributed by atoms with Gasteiger partial charge in [-0.05, 0) is 0 Å². The second-order valence-electron chi connectivity index (χ2n) is 0.482. The lowest BCUT2D eigenvalue weighted by atomic mass is 11.8. The van der Waals surface area contributed by atoms with Crippen LogP contribution in [0.2, 0.25) is 0 Å². The third-order valence-corrected chi connectivity index (χ3v) is 1.53. The molecule has 0 N–H and O–H groups in total. The standard InChI is InChI=1S/C2H5IOSi/c1-4-5-2-3/h2H2,1H3. The highest BCUT2D eigenvalue weighted by Gasteiger charge is 1.74. The Kier molecular flexibility index (Phi) is 5.80. The average Bonchev–Trinajstić information content (AvgIpc) is 1.41. The normalized spacial score (nSPS) is 8.40.